The van der Waals surface area contributed by atoms with Gasteiger partial charge in [-0.2, -0.15) is 15.0 Å². The van der Waals surface area contributed by atoms with Crippen LogP contribution < -0.4 is 10.0 Å². The van der Waals surface area contributed by atoms with Crippen LogP contribution in [0.5, 0.6) is 0 Å². The van der Waals surface area contributed by atoms with Crippen molar-refractivity contribution in [3.8, 4) is 0 Å². The maximum atomic E-state index is 14.1. The van der Waals surface area contributed by atoms with E-state index < -0.39 is 26.9 Å². The van der Waals surface area contributed by atoms with E-state index in [1.54, 1.807) is 6.92 Å². The largest absolute Gasteiger partial charge is 0.394 e. The number of halogens is 2. The molecule has 1 aromatic carbocycles. The number of sulfonamides is 1. The second-order valence-corrected chi connectivity index (χ2v) is 10.3. The summed E-state index contributed by atoms with van der Waals surface area (Å²) >= 11 is 1.02. The molecule has 0 radical (unpaired) electrons. The first kappa shape index (κ1) is 24.2. The molecule has 0 fully saturated rings. The Bertz CT molecular complexity index is 976. The predicted molar refractivity (Wildman–Crippen MR) is 113 cm³/mol. The van der Waals surface area contributed by atoms with Crippen molar-refractivity contribution in [2.45, 2.75) is 43.6 Å². The average molecular weight is 462 g/mol. The van der Waals surface area contributed by atoms with Crippen molar-refractivity contribution in [3.05, 3.63) is 35.4 Å². The number of hydrogen-bond donors (Lipinski definition) is 3. The second kappa shape index (κ2) is 10.3. The first-order valence-electron chi connectivity index (χ1n) is 9.20. The maximum absolute atomic E-state index is 14.1. The lowest BCUT2D eigenvalue weighted by Crippen LogP contribution is -2.27. The molecule has 2 atom stereocenters. The lowest BCUT2D eigenvalue weighted by atomic mass is 10.0. The summed E-state index contributed by atoms with van der Waals surface area (Å²) < 4.78 is 53.0. The SMILES string of the molecule is CC(C)C[C@H](CO)Nc1nc(NS(C)(=O)=O)nc(SC(C)c2cccc(F)c2F)n1. The first-order valence-corrected chi connectivity index (χ1v) is 12.0. The van der Waals surface area contributed by atoms with Gasteiger partial charge in [-0.3, -0.25) is 4.72 Å². The zero-order valence-corrected chi connectivity index (χ0v) is 18.7. The number of aromatic nitrogens is 3. The van der Waals surface area contributed by atoms with Crippen LogP contribution in [0.15, 0.2) is 23.4 Å². The number of nitrogens with one attached hydrogen (secondary N) is 2. The van der Waals surface area contributed by atoms with E-state index in [9.17, 15) is 22.3 Å². The highest BCUT2D eigenvalue weighted by atomic mass is 32.2. The highest BCUT2D eigenvalue weighted by Gasteiger charge is 2.20. The molecule has 30 heavy (non-hydrogen) atoms. The van der Waals surface area contributed by atoms with Gasteiger partial charge in [0.15, 0.2) is 16.8 Å². The molecule has 1 heterocycles. The standard InChI is InChI=1S/C18H25F2N5O3S2/c1-10(2)8-12(9-26)21-16-22-17(25-30(4,27)28)24-18(23-16)29-11(3)13-6-5-7-14(19)15(13)20/h5-7,10-12,26H,8-9H2,1-4H3,(H2,21,22,23,24,25)/t11?,12-/m1/s1. The fraction of sp³-hybridized carbons (Fsp3) is 0.500. The molecule has 0 aliphatic heterocycles. The lowest BCUT2D eigenvalue weighted by molar-refractivity contribution is 0.259. The van der Waals surface area contributed by atoms with Crippen LogP contribution in [0.3, 0.4) is 0 Å². The number of benzene rings is 1. The van der Waals surface area contributed by atoms with Gasteiger partial charge in [0.2, 0.25) is 21.9 Å². The van der Waals surface area contributed by atoms with Gasteiger partial charge in [0, 0.05) is 10.8 Å². The Hall–Kier alpha value is -2.05. The van der Waals surface area contributed by atoms with Gasteiger partial charge in [-0.15, -0.1) is 0 Å². The third-order valence-electron chi connectivity index (χ3n) is 3.90. The Kier molecular flexibility index (Phi) is 8.33. The van der Waals surface area contributed by atoms with Gasteiger partial charge in [-0.25, -0.2) is 17.2 Å². The highest BCUT2D eigenvalue weighted by molar-refractivity contribution is 7.99. The Labute approximate surface area is 179 Å². The molecule has 0 amide bonds. The molecule has 8 nitrogen and oxygen atoms in total. The quantitative estimate of drug-likeness (QED) is 0.462. The number of aliphatic hydroxyl groups excluding tert-OH is 1. The van der Waals surface area contributed by atoms with E-state index in [0.717, 1.165) is 24.1 Å². The van der Waals surface area contributed by atoms with Crippen LogP contribution in [0.25, 0.3) is 0 Å². The van der Waals surface area contributed by atoms with Crippen LogP contribution >= 0.6 is 11.8 Å². The average Bonchev–Trinajstić information content (AvgIpc) is 2.61. The zero-order valence-electron chi connectivity index (χ0n) is 17.1. The third-order valence-corrected chi connectivity index (χ3v) is 5.46. The second-order valence-electron chi connectivity index (χ2n) is 7.20. The van der Waals surface area contributed by atoms with Crippen molar-refractivity contribution in [2.75, 3.05) is 22.9 Å². The molecule has 2 rings (SSSR count). The summed E-state index contributed by atoms with van der Waals surface area (Å²) in [4.78, 5) is 12.3. The molecule has 3 N–H and O–H groups in total. The van der Waals surface area contributed by atoms with Gasteiger partial charge in [0.25, 0.3) is 0 Å². The van der Waals surface area contributed by atoms with Crippen LogP contribution in [-0.2, 0) is 10.0 Å². The van der Waals surface area contributed by atoms with Gasteiger partial charge in [-0.05, 0) is 25.3 Å². The summed E-state index contributed by atoms with van der Waals surface area (Å²) in [5.41, 5.74) is 0.126. The minimum absolute atomic E-state index is 0.0604. The summed E-state index contributed by atoms with van der Waals surface area (Å²) in [5, 5.41) is 12.1. The zero-order chi connectivity index (χ0) is 22.5. The van der Waals surface area contributed by atoms with E-state index in [1.807, 2.05) is 13.8 Å². The molecule has 0 aliphatic rings. The van der Waals surface area contributed by atoms with Crippen LogP contribution in [0.4, 0.5) is 20.7 Å². The Morgan fingerprint density at radius 2 is 1.80 bits per heavy atom. The molecule has 1 aromatic heterocycles. The Balaban J connectivity index is 2.34. The molecule has 0 aliphatic carbocycles. The molecule has 2 aromatic rings. The van der Waals surface area contributed by atoms with Gasteiger partial charge >= 0.3 is 0 Å². The van der Waals surface area contributed by atoms with Gasteiger partial charge in [0.05, 0.1) is 18.9 Å². The number of thioether (sulfide) groups is 1. The summed E-state index contributed by atoms with van der Waals surface area (Å²) in [6.45, 7) is 5.46. The highest BCUT2D eigenvalue weighted by Crippen LogP contribution is 2.35. The van der Waals surface area contributed by atoms with Crippen LogP contribution in [-0.4, -0.2) is 47.4 Å². The molecular weight excluding hydrogens is 436 g/mol. The summed E-state index contributed by atoms with van der Waals surface area (Å²) in [5.74, 6) is -1.79. The van der Waals surface area contributed by atoms with Crippen molar-refractivity contribution in [1.82, 2.24) is 15.0 Å². The summed E-state index contributed by atoms with van der Waals surface area (Å²) in [6.07, 6.45) is 1.58. The summed E-state index contributed by atoms with van der Waals surface area (Å²) in [7, 11) is -3.66. The molecule has 0 bridgehead atoms. The molecule has 0 saturated heterocycles. The van der Waals surface area contributed by atoms with Gasteiger partial charge in [0.1, 0.15) is 0 Å². The lowest BCUT2D eigenvalue weighted by Gasteiger charge is -2.19. The van der Waals surface area contributed by atoms with Crippen molar-refractivity contribution in [2.24, 2.45) is 5.92 Å². The number of rotatable bonds is 10. The maximum Gasteiger partial charge on any atom is 0.242 e. The smallest absolute Gasteiger partial charge is 0.242 e. The molecule has 166 valence electrons. The number of aliphatic hydroxyl groups is 1. The van der Waals surface area contributed by atoms with Crippen molar-refractivity contribution in [1.29, 1.82) is 0 Å². The normalized spacial score (nSPS) is 13.9. The molecular formula is C18H25F2N5O3S2. The predicted octanol–water partition coefficient (Wildman–Crippen LogP) is 3.19. The minimum atomic E-state index is -3.66. The van der Waals surface area contributed by atoms with Crippen LogP contribution in [0.1, 0.15) is 38.0 Å². The first-order chi connectivity index (χ1) is 14.0. The van der Waals surface area contributed by atoms with Gasteiger partial charge in [-0.1, -0.05) is 37.7 Å². The van der Waals surface area contributed by atoms with E-state index in [0.29, 0.717) is 6.42 Å². The molecule has 0 saturated carbocycles. The van der Waals surface area contributed by atoms with E-state index >= 15 is 0 Å². The fourth-order valence-electron chi connectivity index (χ4n) is 2.67. The topological polar surface area (TPSA) is 117 Å². The van der Waals surface area contributed by atoms with E-state index in [4.69, 9.17) is 0 Å². The van der Waals surface area contributed by atoms with E-state index in [1.165, 1.54) is 12.1 Å². The summed E-state index contributed by atoms with van der Waals surface area (Å²) in [6, 6.07) is 3.53. The number of anilines is 2. The van der Waals surface area contributed by atoms with E-state index in [-0.39, 0.29) is 41.2 Å². The monoisotopic (exact) mass is 461 g/mol. The van der Waals surface area contributed by atoms with Crippen molar-refractivity contribution < 1.29 is 22.3 Å². The number of hydrogen-bond acceptors (Lipinski definition) is 8. The van der Waals surface area contributed by atoms with Gasteiger partial charge < -0.3 is 10.4 Å². The molecule has 1 unspecified atom stereocenters. The van der Waals surface area contributed by atoms with E-state index in [2.05, 4.69) is 25.0 Å². The third kappa shape index (κ3) is 7.33. The van der Waals surface area contributed by atoms with Crippen LogP contribution in [0, 0.1) is 17.6 Å². The van der Waals surface area contributed by atoms with Crippen molar-refractivity contribution in [3.63, 3.8) is 0 Å². The number of nitrogens with zero attached hydrogens (tertiary/aromatic N) is 3. The molecule has 0 spiro atoms. The Morgan fingerprint density at radius 1 is 1.13 bits per heavy atom. The van der Waals surface area contributed by atoms with Crippen molar-refractivity contribution >= 4 is 33.7 Å². The molecule has 12 heteroatoms. The minimum Gasteiger partial charge on any atom is -0.394 e. The fourth-order valence-corrected chi connectivity index (χ4v) is 4.00. The van der Waals surface area contributed by atoms with Crippen LogP contribution in [0.2, 0.25) is 0 Å². The Morgan fingerprint density at radius 3 is 2.40 bits per heavy atom.